The van der Waals surface area contributed by atoms with Crippen molar-refractivity contribution in [1.29, 1.82) is 0 Å². The van der Waals surface area contributed by atoms with Crippen LogP contribution in [0.5, 0.6) is 0 Å². The Bertz CT molecular complexity index is 411. The first kappa shape index (κ1) is 11.9. The average Bonchev–Trinajstić information content (AvgIpc) is 2.34. The number of nitrogens with one attached hydrogen (secondary N) is 1. The highest BCUT2D eigenvalue weighted by molar-refractivity contribution is 5.93. The van der Waals surface area contributed by atoms with Crippen LogP contribution in [0, 0.1) is 12.8 Å². The van der Waals surface area contributed by atoms with E-state index in [0.717, 1.165) is 37.1 Å². The summed E-state index contributed by atoms with van der Waals surface area (Å²) in [5.41, 5.74) is 7.12. The number of hydrogen-bond acceptors (Lipinski definition) is 3. The summed E-state index contributed by atoms with van der Waals surface area (Å²) >= 11 is 0. The highest BCUT2D eigenvalue weighted by Crippen LogP contribution is 2.25. The largest absolute Gasteiger partial charge is 0.384 e. The Balaban J connectivity index is 2.02. The monoisotopic (exact) mass is 233 g/mol. The number of carbonyl (C=O) groups is 1. The van der Waals surface area contributed by atoms with Gasteiger partial charge in [0.1, 0.15) is 5.82 Å². The average molecular weight is 233 g/mol. The molecule has 0 atom stereocenters. The molecule has 92 valence electrons. The van der Waals surface area contributed by atoms with E-state index in [0.29, 0.717) is 5.82 Å². The van der Waals surface area contributed by atoms with E-state index in [2.05, 4.69) is 10.3 Å². The third-order valence-corrected chi connectivity index (χ3v) is 3.34. The number of carbonyl (C=O) groups excluding carboxylic acids is 1. The van der Waals surface area contributed by atoms with Gasteiger partial charge in [-0.1, -0.05) is 19.3 Å². The summed E-state index contributed by atoms with van der Waals surface area (Å²) in [6, 6.07) is 3.53. The summed E-state index contributed by atoms with van der Waals surface area (Å²) in [7, 11) is 0. The standard InChI is InChI=1S/C13H19N3O/c1-9-11(7-8-12(14)15-9)16-13(17)10-5-3-2-4-6-10/h7-8,10H,2-6H2,1H3,(H2,14,15)(H,16,17). The molecule has 0 radical (unpaired) electrons. The first-order valence-electron chi connectivity index (χ1n) is 6.21. The zero-order valence-electron chi connectivity index (χ0n) is 10.2. The molecule has 0 aliphatic heterocycles. The molecule has 4 heteroatoms. The highest BCUT2D eigenvalue weighted by atomic mass is 16.1. The lowest BCUT2D eigenvalue weighted by Gasteiger charge is -2.21. The van der Waals surface area contributed by atoms with E-state index in [1.54, 1.807) is 6.07 Å². The van der Waals surface area contributed by atoms with Crippen LogP contribution in [0.3, 0.4) is 0 Å². The summed E-state index contributed by atoms with van der Waals surface area (Å²) in [5.74, 6) is 0.776. The van der Waals surface area contributed by atoms with Crippen LogP contribution >= 0.6 is 0 Å². The molecule has 0 spiro atoms. The molecule has 0 aromatic carbocycles. The molecule has 1 amide bonds. The molecule has 1 aliphatic rings. The maximum Gasteiger partial charge on any atom is 0.227 e. The fourth-order valence-corrected chi connectivity index (χ4v) is 2.31. The number of aromatic nitrogens is 1. The van der Waals surface area contributed by atoms with Gasteiger partial charge in [0.2, 0.25) is 5.91 Å². The van der Waals surface area contributed by atoms with Crippen molar-refractivity contribution in [3.63, 3.8) is 0 Å². The fraction of sp³-hybridized carbons (Fsp3) is 0.538. The Morgan fingerprint density at radius 1 is 1.35 bits per heavy atom. The number of aryl methyl sites for hydroxylation is 1. The van der Waals surface area contributed by atoms with Gasteiger partial charge in [-0.15, -0.1) is 0 Å². The van der Waals surface area contributed by atoms with Gasteiger partial charge < -0.3 is 11.1 Å². The normalized spacial score (nSPS) is 16.8. The molecule has 17 heavy (non-hydrogen) atoms. The van der Waals surface area contributed by atoms with Crippen LogP contribution in [0.1, 0.15) is 37.8 Å². The van der Waals surface area contributed by atoms with E-state index in [9.17, 15) is 4.79 Å². The lowest BCUT2D eigenvalue weighted by Crippen LogP contribution is -2.25. The third-order valence-electron chi connectivity index (χ3n) is 3.34. The Morgan fingerprint density at radius 3 is 2.71 bits per heavy atom. The van der Waals surface area contributed by atoms with Crippen molar-refractivity contribution < 1.29 is 4.79 Å². The molecule has 1 aromatic rings. The Morgan fingerprint density at radius 2 is 2.06 bits per heavy atom. The number of amides is 1. The maximum atomic E-state index is 12.0. The predicted octanol–water partition coefficient (Wildman–Crippen LogP) is 2.49. The molecule has 1 heterocycles. The topological polar surface area (TPSA) is 68.0 Å². The van der Waals surface area contributed by atoms with Crippen LogP contribution in [0.2, 0.25) is 0 Å². The number of nitrogen functional groups attached to an aromatic ring is 1. The molecule has 0 unspecified atom stereocenters. The Labute approximate surface area is 102 Å². The van der Waals surface area contributed by atoms with Crippen LogP contribution < -0.4 is 11.1 Å². The second-order valence-electron chi connectivity index (χ2n) is 4.69. The summed E-state index contributed by atoms with van der Waals surface area (Å²) in [5, 5.41) is 2.95. The van der Waals surface area contributed by atoms with Crippen molar-refractivity contribution in [2.45, 2.75) is 39.0 Å². The molecule has 4 nitrogen and oxygen atoms in total. The number of pyridine rings is 1. The summed E-state index contributed by atoms with van der Waals surface area (Å²) in [6.45, 7) is 1.85. The van der Waals surface area contributed by atoms with E-state index < -0.39 is 0 Å². The van der Waals surface area contributed by atoms with Gasteiger partial charge in [0.05, 0.1) is 11.4 Å². The smallest absolute Gasteiger partial charge is 0.227 e. The van der Waals surface area contributed by atoms with Gasteiger partial charge in [-0.3, -0.25) is 4.79 Å². The van der Waals surface area contributed by atoms with Gasteiger partial charge in [-0.25, -0.2) is 4.98 Å². The SMILES string of the molecule is Cc1nc(N)ccc1NC(=O)C1CCCCC1. The first-order valence-corrected chi connectivity index (χ1v) is 6.21. The minimum atomic E-state index is 0.124. The Hall–Kier alpha value is -1.58. The van der Waals surface area contributed by atoms with Crippen molar-refractivity contribution in [2.75, 3.05) is 11.1 Å². The van der Waals surface area contributed by atoms with E-state index in [1.807, 2.05) is 13.0 Å². The van der Waals surface area contributed by atoms with Gasteiger partial charge in [-0.2, -0.15) is 0 Å². The van der Waals surface area contributed by atoms with Gasteiger partial charge in [0.15, 0.2) is 0 Å². The number of anilines is 2. The number of rotatable bonds is 2. The van der Waals surface area contributed by atoms with Crippen molar-refractivity contribution in [3.05, 3.63) is 17.8 Å². The van der Waals surface area contributed by atoms with E-state index in [-0.39, 0.29) is 11.8 Å². The van der Waals surface area contributed by atoms with Crippen LogP contribution in [-0.2, 0) is 4.79 Å². The van der Waals surface area contributed by atoms with Crippen molar-refractivity contribution in [2.24, 2.45) is 5.92 Å². The fourth-order valence-electron chi connectivity index (χ4n) is 2.31. The molecule has 1 saturated carbocycles. The van der Waals surface area contributed by atoms with Crippen molar-refractivity contribution in [1.82, 2.24) is 4.98 Å². The third kappa shape index (κ3) is 2.96. The van der Waals surface area contributed by atoms with Crippen LogP contribution in [0.15, 0.2) is 12.1 Å². The van der Waals surface area contributed by atoms with Crippen LogP contribution in [0.25, 0.3) is 0 Å². The molecule has 1 aromatic heterocycles. The lowest BCUT2D eigenvalue weighted by molar-refractivity contribution is -0.120. The maximum absolute atomic E-state index is 12.0. The number of nitrogens with zero attached hydrogens (tertiary/aromatic N) is 1. The zero-order valence-corrected chi connectivity index (χ0v) is 10.2. The molecule has 0 bridgehead atoms. The van der Waals surface area contributed by atoms with Gasteiger partial charge >= 0.3 is 0 Å². The van der Waals surface area contributed by atoms with E-state index in [4.69, 9.17) is 5.73 Å². The molecule has 2 rings (SSSR count). The molecule has 1 aliphatic carbocycles. The summed E-state index contributed by atoms with van der Waals surface area (Å²) < 4.78 is 0. The quantitative estimate of drug-likeness (QED) is 0.824. The van der Waals surface area contributed by atoms with Crippen LogP contribution in [-0.4, -0.2) is 10.9 Å². The predicted molar refractivity (Wildman–Crippen MR) is 68.6 cm³/mol. The molecule has 3 N–H and O–H groups in total. The lowest BCUT2D eigenvalue weighted by atomic mass is 9.88. The minimum absolute atomic E-state index is 0.124. The first-order chi connectivity index (χ1) is 8.16. The van der Waals surface area contributed by atoms with Crippen molar-refractivity contribution >= 4 is 17.4 Å². The minimum Gasteiger partial charge on any atom is -0.384 e. The summed E-state index contributed by atoms with van der Waals surface area (Å²) in [6.07, 6.45) is 5.60. The van der Waals surface area contributed by atoms with Gasteiger partial charge in [0, 0.05) is 5.92 Å². The highest BCUT2D eigenvalue weighted by Gasteiger charge is 2.21. The van der Waals surface area contributed by atoms with Crippen LogP contribution in [0.4, 0.5) is 11.5 Å². The zero-order chi connectivity index (χ0) is 12.3. The second kappa shape index (κ2) is 5.17. The molecule has 1 fully saturated rings. The van der Waals surface area contributed by atoms with Gasteiger partial charge in [0.25, 0.3) is 0 Å². The van der Waals surface area contributed by atoms with E-state index in [1.165, 1.54) is 6.42 Å². The second-order valence-corrected chi connectivity index (χ2v) is 4.69. The number of nitrogens with two attached hydrogens (primary N) is 1. The molecular formula is C13H19N3O. The number of hydrogen-bond donors (Lipinski definition) is 2. The molecule has 0 saturated heterocycles. The van der Waals surface area contributed by atoms with E-state index >= 15 is 0 Å². The van der Waals surface area contributed by atoms with Crippen molar-refractivity contribution in [3.8, 4) is 0 Å². The summed E-state index contributed by atoms with van der Waals surface area (Å²) in [4.78, 5) is 16.2. The molecular weight excluding hydrogens is 214 g/mol. The van der Waals surface area contributed by atoms with Gasteiger partial charge in [-0.05, 0) is 31.9 Å². The Kier molecular flexibility index (Phi) is 3.61.